The summed E-state index contributed by atoms with van der Waals surface area (Å²) >= 11 is 0. The van der Waals surface area contributed by atoms with E-state index < -0.39 is 0 Å². The second kappa shape index (κ2) is 8.65. The molecule has 0 heterocycles. The van der Waals surface area contributed by atoms with E-state index in [1.54, 1.807) is 22.2 Å². The molecule has 118 valence electrons. The SMILES string of the molecule is C=CN(C=O)CC1(CC)CCC1.C=CN(C=O)CC1CC1. The Morgan fingerprint density at radius 1 is 1.10 bits per heavy atom. The molecular formula is C17H28N2O2. The van der Waals surface area contributed by atoms with Crippen molar-refractivity contribution in [3.63, 3.8) is 0 Å². The lowest BCUT2D eigenvalue weighted by atomic mass is 9.67. The quantitative estimate of drug-likeness (QED) is 0.612. The maximum atomic E-state index is 10.5. The standard InChI is InChI=1S/C10H17NO.C7H11NO/c1-3-10(6-5-7-10)8-11(4-2)9-12;1-2-8(6-9)5-7-3-4-7/h4,9H,2-3,5-8H2,1H3;2,6-7H,1,3-5H2. The van der Waals surface area contributed by atoms with Gasteiger partial charge in [0, 0.05) is 13.1 Å². The summed E-state index contributed by atoms with van der Waals surface area (Å²) < 4.78 is 0. The molecule has 0 spiro atoms. The minimum atomic E-state index is 0.412. The number of rotatable bonds is 9. The smallest absolute Gasteiger partial charge is 0.213 e. The number of hydrogen-bond donors (Lipinski definition) is 0. The van der Waals surface area contributed by atoms with Gasteiger partial charge < -0.3 is 9.80 Å². The Morgan fingerprint density at radius 2 is 1.67 bits per heavy atom. The van der Waals surface area contributed by atoms with Crippen molar-refractivity contribution in [2.24, 2.45) is 11.3 Å². The van der Waals surface area contributed by atoms with Crippen LogP contribution in [-0.4, -0.2) is 35.7 Å². The molecule has 4 heteroatoms. The molecule has 0 aromatic heterocycles. The van der Waals surface area contributed by atoms with Crippen LogP contribution in [0.4, 0.5) is 0 Å². The Hall–Kier alpha value is -1.58. The molecule has 2 amide bonds. The highest BCUT2D eigenvalue weighted by Crippen LogP contribution is 2.44. The van der Waals surface area contributed by atoms with Crippen LogP contribution in [0.2, 0.25) is 0 Å². The first kappa shape index (κ1) is 17.5. The van der Waals surface area contributed by atoms with Gasteiger partial charge in [-0.2, -0.15) is 0 Å². The molecule has 2 aliphatic rings. The van der Waals surface area contributed by atoms with Gasteiger partial charge in [0.1, 0.15) is 0 Å². The Bertz CT molecular complexity index is 338. The van der Waals surface area contributed by atoms with E-state index in [1.165, 1.54) is 38.5 Å². The summed E-state index contributed by atoms with van der Waals surface area (Å²) in [7, 11) is 0. The summed E-state index contributed by atoms with van der Waals surface area (Å²) in [5, 5.41) is 0. The van der Waals surface area contributed by atoms with Crippen molar-refractivity contribution in [1.29, 1.82) is 0 Å². The van der Waals surface area contributed by atoms with Crippen LogP contribution in [0, 0.1) is 11.3 Å². The zero-order valence-electron chi connectivity index (χ0n) is 13.2. The molecule has 2 rings (SSSR count). The van der Waals surface area contributed by atoms with Crippen molar-refractivity contribution in [2.45, 2.75) is 45.4 Å². The van der Waals surface area contributed by atoms with Crippen LogP contribution in [0.15, 0.2) is 25.6 Å². The summed E-state index contributed by atoms with van der Waals surface area (Å²) in [5.41, 5.74) is 0.412. The van der Waals surface area contributed by atoms with Crippen LogP contribution in [0.3, 0.4) is 0 Å². The predicted molar refractivity (Wildman–Crippen MR) is 85.2 cm³/mol. The Morgan fingerprint density at radius 3 is 1.95 bits per heavy atom. The lowest BCUT2D eigenvalue weighted by Crippen LogP contribution is -2.39. The molecule has 2 saturated carbocycles. The molecule has 0 saturated heterocycles. The van der Waals surface area contributed by atoms with Crippen LogP contribution in [-0.2, 0) is 9.59 Å². The Balaban J connectivity index is 0.000000219. The van der Waals surface area contributed by atoms with Crippen LogP contribution >= 0.6 is 0 Å². The minimum absolute atomic E-state index is 0.412. The number of nitrogens with zero attached hydrogens (tertiary/aromatic N) is 2. The zero-order valence-corrected chi connectivity index (χ0v) is 13.2. The fourth-order valence-corrected chi connectivity index (χ4v) is 2.59. The monoisotopic (exact) mass is 292 g/mol. The number of hydrogen-bond acceptors (Lipinski definition) is 2. The molecule has 0 aromatic rings. The van der Waals surface area contributed by atoms with E-state index in [1.807, 2.05) is 0 Å². The van der Waals surface area contributed by atoms with Gasteiger partial charge in [0.2, 0.25) is 12.8 Å². The van der Waals surface area contributed by atoms with Crippen molar-refractivity contribution in [2.75, 3.05) is 13.1 Å². The lowest BCUT2D eigenvalue weighted by Gasteiger charge is -2.43. The maximum Gasteiger partial charge on any atom is 0.213 e. The van der Waals surface area contributed by atoms with Crippen LogP contribution in [0.1, 0.15) is 45.4 Å². The van der Waals surface area contributed by atoms with E-state index in [9.17, 15) is 9.59 Å². The van der Waals surface area contributed by atoms with Gasteiger partial charge in [0.25, 0.3) is 0 Å². The number of carbonyl (C=O) groups is 2. The average molecular weight is 292 g/mol. The molecule has 0 aromatic carbocycles. The van der Waals surface area contributed by atoms with E-state index in [2.05, 4.69) is 20.1 Å². The second-order valence-electron chi connectivity index (χ2n) is 6.10. The second-order valence-corrected chi connectivity index (χ2v) is 6.10. The van der Waals surface area contributed by atoms with Crippen LogP contribution < -0.4 is 0 Å². The van der Waals surface area contributed by atoms with Gasteiger partial charge in [0.05, 0.1) is 0 Å². The molecule has 0 aliphatic heterocycles. The van der Waals surface area contributed by atoms with Gasteiger partial charge in [0.15, 0.2) is 0 Å². The molecule has 21 heavy (non-hydrogen) atoms. The molecule has 2 aliphatic carbocycles. The third-order valence-electron chi connectivity index (χ3n) is 4.59. The summed E-state index contributed by atoms with van der Waals surface area (Å²) in [6, 6.07) is 0. The van der Waals surface area contributed by atoms with Crippen molar-refractivity contribution >= 4 is 12.8 Å². The first-order valence-electron chi connectivity index (χ1n) is 7.80. The van der Waals surface area contributed by atoms with Gasteiger partial charge in [-0.3, -0.25) is 9.59 Å². The van der Waals surface area contributed by atoms with Gasteiger partial charge in [-0.1, -0.05) is 26.5 Å². The topological polar surface area (TPSA) is 40.6 Å². The highest BCUT2D eigenvalue weighted by atomic mass is 16.1. The summed E-state index contributed by atoms with van der Waals surface area (Å²) in [5.74, 6) is 0.758. The molecule has 2 fully saturated rings. The van der Waals surface area contributed by atoms with E-state index in [-0.39, 0.29) is 0 Å². The third kappa shape index (κ3) is 5.74. The van der Waals surface area contributed by atoms with Gasteiger partial charge in [-0.15, -0.1) is 0 Å². The minimum Gasteiger partial charge on any atom is -0.322 e. The molecule has 4 nitrogen and oxygen atoms in total. The van der Waals surface area contributed by atoms with Gasteiger partial charge in [-0.25, -0.2) is 0 Å². The zero-order chi connectivity index (χ0) is 15.7. The van der Waals surface area contributed by atoms with Crippen molar-refractivity contribution in [1.82, 2.24) is 9.80 Å². The Kier molecular flexibility index (Phi) is 7.20. The molecule has 0 bridgehead atoms. The fraction of sp³-hybridized carbons (Fsp3) is 0.647. The Labute approximate surface area is 128 Å². The fourth-order valence-electron chi connectivity index (χ4n) is 2.59. The largest absolute Gasteiger partial charge is 0.322 e. The normalized spacial score (nSPS) is 18.3. The van der Waals surface area contributed by atoms with E-state index in [4.69, 9.17) is 0 Å². The molecule has 0 N–H and O–H groups in total. The highest BCUT2D eigenvalue weighted by molar-refractivity contribution is 5.49. The van der Waals surface area contributed by atoms with E-state index in [0.717, 1.165) is 31.8 Å². The molecular weight excluding hydrogens is 264 g/mol. The number of carbonyl (C=O) groups excluding carboxylic acids is 2. The van der Waals surface area contributed by atoms with Crippen molar-refractivity contribution in [3.8, 4) is 0 Å². The van der Waals surface area contributed by atoms with Gasteiger partial charge >= 0.3 is 0 Å². The van der Waals surface area contributed by atoms with Crippen molar-refractivity contribution in [3.05, 3.63) is 25.6 Å². The lowest BCUT2D eigenvalue weighted by molar-refractivity contribution is -0.118. The average Bonchev–Trinajstić information content (AvgIpc) is 3.29. The summed E-state index contributed by atoms with van der Waals surface area (Å²) in [6.45, 7) is 11.0. The number of amides is 2. The van der Waals surface area contributed by atoms with E-state index >= 15 is 0 Å². The first-order valence-corrected chi connectivity index (χ1v) is 7.80. The van der Waals surface area contributed by atoms with Crippen molar-refractivity contribution < 1.29 is 9.59 Å². The third-order valence-corrected chi connectivity index (χ3v) is 4.59. The first-order chi connectivity index (χ1) is 10.1. The highest BCUT2D eigenvalue weighted by Gasteiger charge is 2.36. The predicted octanol–water partition coefficient (Wildman–Crippen LogP) is 3.17. The maximum absolute atomic E-state index is 10.5. The molecule has 0 unspecified atom stereocenters. The van der Waals surface area contributed by atoms with E-state index in [0.29, 0.717) is 5.41 Å². The van der Waals surface area contributed by atoms with Crippen LogP contribution in [0.25, 0.3) is 0 Å². The molecule has 0 radical (unpaired) electrons. The van der Waals surface area contributed by atoms with Crippen LogP contribution in [0.5, 0.6) is 0 Å². The summed E-state index contributed by atoms with van der Waals surface area (Å²) in [6.07, 6.45) is 12.4. The summed E-state index contributed by atoms with van der Waals surface area (Å²) in [4.78, 5) is 23.9. The van der Waals surface area contributed by atoms with Gasteiger partial charge in [-0.05, 0) is 55.8 Å². The molecule has 0 atom stereocenters.